The molecule has 0 bridgehead atoms. The van der Waals surface area contributed by atoms with E-state index >= 15 is 0 Å². The Balaban J connectivity index is 1.13. The number of carbonyl (C=O) groups is 2. The third kappa shape index (κ3) is 3.80. The van der Waals surface area contributed by atoms with Crippen molar-refractivity contribution in [1.82, 2.24) is 20.7 Å². The van der Waals surface area contributed by atoms with Crippen molar-refractivity contribution in [2.24, 2.45) is 0 Å². The second-order valence-electron chi connectivity index (χ2n) is 9.68. The van der Waals surface area contributed by atoms with Crippen LogP contribution >= 0.6 is 0 Å². The van der Waals surface area contributed by atoms with Crippen molar-refractivity contribution in [3.63, 3.8) is 0 Å². The summed E-state index contributed by atoms with van der Waals surface area (Å²) in [6.07, 6.45) is 2.31. The van der Waals surface area contributed by atoms with Crippen molar-refractivity contribution >= 4 is 23.5 Å². The molecule has 1 aromatic carbocycles. The first kappa shape index (κ1) is 22.6. The van der Waals surface area contributed by atoms with E-state index in [-0.39, 0.29) is 42.4 Å². The van der Waals surface area contributed by atoms with Gasteiger partial charge in [0.1, 0.15) is 17.4 Å². The molecule has 2 aromatic heterocycles. The molecule has 6 rings (SSSR count). The number of hydrogen-bond acceptors (Lipinski definition) is 9. The van der Waals surface area contributed by atoms with Crippen LogP contribution in [0, 0.1) is 18.6 Å². The molecular weight excluding hydrogens is 474 g/mol. The predicted octanol–water partition coefficient (Wildman–Crippen LogP) is 3.40. The van der Waals surface area contributed by atoms with Crippen LogP contribution in [0.25, 0.3) is 11.6 Å². The molecule has 2 N–H and O–H groups in total. The van der Waals surface area contributed by atoms with Gasteiger partial charge >= 0.3 is 6.01 Å². The molecule has 2 aliphatic heterocycles. The zero-order valence-corrected chi connectivity index (χ0v) is 19.7. The number of carbonyl (C=O) groups excluding carboxylic acids is 2. The van der Waals surface area contributed by atoms with Gasteiger partial charge in [0.25, 0.3) is 5.89 Å². The first-order valence-electron chi connectivity index (χ1n) is 12.0. The van der Waals surface area contributed by atoms with Gasteiger partial charge in [0.05, 0.1) is 12.0 Å². The van der Waals surface area contributed by atoms with Crippen molar-refractivity contribution in [1.29, 1.82) is 0 Å². The number of rotatable bonds is 6. The molecule has 4 heterocycles. The quantitative estimate of drug-likeness (QED) is 0.492. The molecular formula is C24H24F2N6O4. The molecule has 1 aliphatic carbocycles. The molecule has 3 fully saturated rings. The minimum absolute atomic E-state index is 0.0445. The second kappa shape index (κ2) is 8.38. The molecule has 3 aromatic rings. The summed E-state index contributed by atoms with van der Waals surface area (Å²) in [6.45, 7) is 4.28. The van der Waals surface area contributed by atoms with E-state index in [1.54, 1.807) is 0 Å². The highest BCUT2D eigenvalue weighted by atomic mass is 19.1. The minimum atomic E-state index is -1.03. The topological polar surface area (TPSA) is 126 Å². The van der Waals surface area contributed by atoms with E-state index in [2.05, 4.69) is 26.0 Å². The zero-order valence-electron chi connectivity index (χ0n) is 19.7. The fraction of sp³-hybridized carbons (Fsp3) is 0.458. The Morgan fingerprint density at radius 3 is 2.56 bits per heavy atom. The number of halogens is 2. The summed E-state index contributed by atoms with van der Waals surface area (Å²) in [7, 11) is 0. The van der Waals surface area contributed by atoms with Crippen LogP contribution in [0.15, 0.2) is 21.1 Å². The normalized spacial score (nSPS) is 24.0. The van der Waals surface area contributed by atoms with E-state index in [0.717, 1.165) is 24.2 Å². The van der Waals surface area contributed by atoms with E-state index in [9.17, 15) is 18.4 Å². The van der Waals surface area contributed by atoms with Gasteiger partial charge in [0.2, 0.25) is 11.8 Å². The summed E-state index contributed by atoms with van der Waals surface area (Å²) < 4.78 is 41.0. The van der Waals surface area contributed by atoms with Crippen LogP contribution < -0.4 is 15.5 Å². The third-order valence-electron chi connectivity index (χ3n) is 7.30. The fourth-order valence-corrected chi connectivity index (χ4v) is 4.97. The summed E-state index contributed by atoms with van der Waals surface area (Å²) in [4.78, 5) is 25.3. The van der Waals surface area contributed by atoms with Crippen LogP contribution in [-0.2, 0) is 9.59 Å². The average Bonchev–Trinajstić information content (AvgIpc) is 3.44. The number of piperidine rings is 1. The Labute approximate surface area is 204 Å². The Kier molecular flexibility index (Phi) is 5.27. The summed E-state index contributed by atoms with van der Waals surface area (Å²) >= 11 is 0. The molecule has 0 spiro atoms. The molecule has 36 heavy (non-hydrogen) atoms. The maximum atomic E-state index is 14.9. The van der Waals surface area contributed by atoms with Crippen LogP contribution in [0.5, 0.6) is 0 Å². The number of aromatic nitrogens is 3. The highest BCUT2D eigenvalue weighted by Crippen LogP contribution is 2.43. The molecule has 12 heteroatoms. The van der Waals surface area contributed by atoms with Crippen LogP contribution in [0.3, 0.4) is 0 Å². The van der Waals surface area contributed by atoms with Gasteiger partial charge in [-0.3, -0.25) is 14.9 Å². The van der Waals surface area contributed by atoms with Gasteiger partial charge in [-0.2, -0.15) is 0 Å². The van der Waals surface area contributed by atoms with Gasteiger partial charge in [-0.15, -0.1) is 5.10 Å². The van der Waals surface area contributed by atoms with Crippen LogP contribution in [0.4, 0.5) is 20.5 Å². The van der Waals surface area contributed by atoms with E-state index < -0.39 is 29.4 Å². The van der Waals surface area contributed by atoms with Crippen LogP contribution in [0.2, 0.25) is 0 Å². The van der Waals surface area contributed by atoms with Gasteiger partial charge in [0.15, 0.2) is 5.69 Å². The van der Waals surface area contributed by atoms with Gasteiger partial charge in [-0.25, -0.2) is 8.78 Å². The number of imide groups is 1. The first-order valence-corrected chi connectivity index (χ1v) is 12.0. The number of benzene rings is 1. The zero-order chi connectivity index (χ0) is 25.1. The standard InChI is InChI=1S/C24H24F2N6O4/c1-10-20(31-36-21(10)12-3-4-12)23-29-30-24(35-23)27-17-9-32(11(17)2)13-7-15(25)19(16(26)8-13)14-5-6-18(33)28-22(14)34/h7-8,11-12,14,17H,3-6,9H2,1-2H3,(H,27,30)(H,28,33,34)/t11-,14?,17+/m1/s1. The molecule has 3 aliphatic rings. The van der Waals surface area contributed by atoms with E-state index in [1.165, 1.54) is 12.1 Å². The summed E-state index contributed by atoms with van der Waals surface area (Å²) in [5, 5.41) is 17.5. The molecule has 0 radical (unpaired) electrons. The predicted molar refractivity (Wildman–Crippen MR) is 122 cm³/mol. The lowest BCUT2D eigenvalue weighted by atomic mass is 9.89. The van der Waals surface area contributed by atoms with E-state index in [0.29, 0.717) is 23.8 Å². The van der Waals surface area contributed by atoms with Gasteiger partial charge in [-0.05, 0) is 45.2 Å². The average molecular weight is 498 g/mol. The number of hydrogen-bond donors (Lipinski definition) is 2. The number of amides is 2. The van der Waals surface area contributed by atoms with Crippen molar-refractivity contribution in [3.8, 4) is 11.6 Å². The van der Waals surface area contributed by atoms with Crippen LogP contribution in [0.1, 0.15) is 61.3 Å². The summed E-state index contributed by atoms with van der Waals surface area (Å²) in [5.74, 6) is -2.21. The fourth-order valence-electron chi connectivity index (χ4n) is 4.97. The van der Waals surface area contributed by atoms with Gasteiger partial charge in [-0.1, -0.05) is 10.3 Å². The first-order chi connectivity index (χ1) is 17.3. The lowest BCUT2D eigenvalue weighted by Gasteiger charge is -2.48. The van der Waals surface area contributed by atoms with Crippen molar-refractivity contribution in [2.75, 3.05) is 16.8 Å². The largest absolute Gasteiger partial charge is 0.402 e. The van der Waals surface area contributed by atoms with Gasteiger partial charge < -0.3 is 19.2 Å². The maximum absolute atomic E-state index is 14.9. The van der Waals surface area contributed by atoms with Crippen molar-refractivity contribution < 1.29 is 27.3 Å². The number of nitrogens with one attached hydrogen (secondary N) is 2. The van der Waals surface area contributed by atoms with E-state index in [1.807, 2.05) is 18.7 Å². The summed E-state index contributed by atoms with van der Waals surface area (Å²) in [6, 6.07) is 2.45. The number of nitrogens with zero attached hydrogens (tertiary/aromatic N) is 4. The molecule has 3 atom stereocenters. The highest BCUT2D eigenvalue weighted by Gasteiger charge is 2.39. The lowest BCUT2D eigenvalue weighted by Crippen LogP contribution is -2.62. The van der Waals surface area contributed by atoms with Crippen molar-refractivity contribution in [2.45, 2.75) is 63.5 Å². The third-order valence-corrected chi connectivity index (χ3v) is 7.30. The maximum Gasteiger partial charge on any atom is 0.316 e. The molecule has 1 unspecified atom stereocenters. The second-order valence-corrected chi connectivity index (χ2v) is 9.68. The molecule has 1 saturated carbocycles. The molecule has 2 amide bonds. The van der Waals surface area contributed by atoms with Gasteiger partial charge in [0, 0.05) is 41.7 Å². The number of anilines is 2. The van der Waals surface area contributed by atoms with Crippen LogP contribution in [-0.4, -0.2) is 45.8 Å². The lowest BCUT2D eigenvalue weighted by molar-refractivity contribution is -0.134. The SMILES string of the molecule is Cc1c(-c2nnc(N[C@H]3CN(c4cc(F)c(C5CCC(=O)NC5=O)c(F)c4)[C@@H]3C)o2)noc1C1CC1. The molecule has 10 nitrogen and oxygen atoms in total. The Bertz CT molecular complexity index is 1340. The summed E-state index contributed by atoms with van der Waals surface area (Å²) in [5.41, 5.74) is 1.49. The minimum Gasteiger partial charge on any atom is -0.402 e. The molecule has 2 saturated heterocycles. The Morgan fingerprint density at radius 1 is 1.14 bits per heavy atom. The van der Waals surface area contributed by atoms with E-state index in [4.69, 9.17) is 8.94 Å². The monoisotopic (exact) mass is 498 g/mol. The molecule has 188 valence electrons. The van der Waals surface area contributed by atoms with Crippen molar-refractivity contribution in [3.05, 3.63) is 40.7 Å². The highest BCUT2D eigenvalue weighted by molar-refractivity contribution is 6.01. The smallest absolute Gasteiger partial charge is 0.316 e. The Morgan fingerprint density at radius 2 is 1.89 bits per heavy atom. The Hall–Kier alpha value is -3.83.